The van der Waals surface area contributed by atoms with Gasteiger partial charge in [-0.15, -0.1) is 0 Å². The highest BCUT2D eigenvalue weighted by Gasteiger charge is 2.39. The normalized spacial score (nSPS) is 20.7. The predicted molar refractivity (Wildman–Crippen MR) is 188 cm³/mol. The molecule has 0 amide bonds. The van der Waals surface area contributed by atoms with Gasteiger partial charge in [-0.3, -0.25) is 0 Å². The first kappa shape index (κ1) is 44.0. The maximum absolute atomic E-state index is 13.0. The van der Waals surface area contributed by atoms with Gasteiger partial charge in [-0.2, -0.15) is 52.7 Å². The molecule has 0 unspecified atom stereocenters. The smallest absolute Gasteiger partial charge is 0.376 e. The Morgan fingerprint density at radius 3 is 1.30 bits per heavy atom. The van der Waals surface area contributed by atoms with Crippen LogP contribution in [0.5, 0.6) is 0 Å². The van der Waals surface area contributed by atoms with Gasteiger partial charge in [0.2, 0.25) is 0 Å². The molecule has 0 saturated carbocycles. The predicted octanol–water partition coefficient (Wildman–Crippen LogP) is 10.8. The summed E-state index contributed by atoms with van der Waals surface area (Å²) in [6, 6.07) is 22.6. The summed E-state index contributed by atoms with van der Waals surface area (Å²) in [5.41, 5.74) is -3.33. The van der Waals surface area contributed by atoms with Gasteiger partial charge in [0.05, 0.1) is 48.7 Å². The SMILES string of the molecule is CN1C[C@H](COCc2cc(C(F)(F)F)cc(C(F)(F)F)c2)[C@H](c2ccccc2)C1.FC(F)(F)c1cc(COC[C@H]2CNC[C@H]2c2ccccc2)cc(C(F)(F)F)c1. The summed E-state index contributed by atoms with van der Waals surface area (Å²) < 4.78 is 166. The third kappa shape index (κ3) is 12.4. The highest BCUT2D eigenvalue weighted by Crippen LogP contribution is 2.39. The van der Waals surface area contributed by atoms with Gasteiger partial charge in [-0.05, 0) is 65.7 Å². The van der Waals surface area contributed by atoms with Crippen LogP contribution in [-0.4, -0.2) is 51.3 Å². The van der Waals surface area contributed by atoms with Gasteiger partial charge in [0.25, 0.3) is 0 Å². The molecule has 2 aliphatic heterocycles. The van der Waals surface area contributed by atoms with Crippen molar-refractivity contribution in [2.75, 3.05) is 46.4 Å². The Morgan fingerprint density at radius 2 is 0.895 bits per heavy atom. The number of nitrogens with zero attached hydrogens (tertiary/aromatic N) is 1. The Hall–Kier alpha value is -4.12. The second-order valence-corrected chi connectivity index (χ2v) is 14.3. The van der Waals surface area contributed by atoms with Crippen LogP contribution in [0.4, 0.5) is 52.7 Å². The number of ether oxygens (including phenoxy) is 2. The minimum atomic E-state index is -4.86. The molecule has 4 nitrogen and oxygen atoms in total. The number of halogens is 12. The van der Waals surface area contributed by atoms with Crippen molar-refractivity contribution in [3.63, 3.8) is 0 Å². The fourth-order valence-corrected chi connectivity index (χ4v) is 7.19. The summed E-state index contributed by atoms with van der Waals surface area (Å²) in [4.78, 5) is 2.14. The van der Waals surface area contributed by atoms with E-state index < -0.39 is 47.0 Å². The lowest BCUT2D eigenvalue weighted by molar-refractivity contribution is -0.144. The van der Waals surface area contributed by atoms with Crippen molar-refractivity contribution >= 4 is 0 Å². The van der Waals surface area contributed by atoms with Gasteiger partial charge in [0.1, 0.15) is 0 Å². The van der Waals surface area contributed by atoms with E-state index in [9.17, 15) is 52.7 Å². The zero-order valence-electron chi connectivity index (χ0n) is 30.5. The first-order valence-corrected chi connectivity index (χ1v) is 17.9. The Balaban J connectivity index is 0.000000218. The van der Waals surface area contributed by atoms with Crippen LogP contribution in [0.15, 0.2) is 97.1 Å². The van der Waals surface area contributed by atoms with Crippen molar-refractivity contribution in [3.8, 4) is 0 Å². The van der Waals surface area contributed by atoms with E-state index in [0.29, 0.717) is 30.8 Å². The molecule has 4 atom stereocenters. The standard InChI is InChI=1S/C21H21F6NO.C20H19F6NO/c1-28-10-16(19(11-28)15-5-3-2-4-6-15)13-29-12-14-7-17(20(22,23)24)9-18(8-14)21(25,26)27;21-19(22,23)16-6-13(7-17(8-16)20(24,25)26)11-28-12-15-9-27-10-18(15)14-4-2-1-3-5-14/h2-9,16,19H,10-13H2,1H3;1-8,15,18,27H,9-12H2/t16-,19+;15-,18+/m11/s1. The molecule has 6 rings (SSSR count). The summed E-state index contributed by atoms with van der Waals surface area (Å²) in [5, 5.41) is 3.25. The van der Waals surface area contributed by atoms with Crippen molar-refractivity contribution in [1.29, 1.82) is 0 Å². The summed E-state index contributed by atoms with van der Waals surface area (Å²) >= 11 is 0. The molecule has 2 aliphatic rings. The van der Waals surface area contributed by atoms with Crippen LogP contribution < -0.4 is 5.32 Å². The third-order valence-electron chi connectivity index (χ3n) is 9.92. The van der Waals surface area contributed by atoms with Gasteiger partial charge in [-0.1, -0.05) is 60.7 Å². The molecule has 0 aliphatic carbocycles. The number of likely N-dealkylation sites (N-methyl/N-ethyl adjacent to an activating group) is 1. The first-order valence-electron chi connectivity index (χ1n) is 17.9. The van der Waals surface area contributed by atoms with Gasteiger partial charge >= 0.3 is 24.7 Å². The first-order chi connectivity index (χ1) is 26.7. The monoisotopic (exact) mass is 820 g/mol. The molecule has 0 bridgehead atoms. The van der Waals surface area contributed by atoms with Crippen molar-refractivity contribution < 1.29 is 62.2 Å². The van der Waals surface area contributed by atoms with Crippen molar-refractivity contribution in [2.24, 2.45) is 11.8 Å². The minimum Gasteiger partial charge on any atom is -0.376 e. The molecule has 4 aromatic carbocycles. The number of likely N-dealkylation sites (tertiary alicyclic amines) is 1. The zero-order chi connectivity index (χ0) is 41.6. The number of nitrogens with one attached hydrogen (secondary N) is 1. The number of hydrogen-bond acceptors (Lipinski definition) is 4. The summed E-state index contributed by atoms with van der Waals surface area (Å²) in [6.45, 7) is 2.86. The van der Waals surface area contributed by atoms with E-state index in [-0.39, 0.29) is 73.4 Å². The topological polar surface area (TPSA) is 33.7 Å². The molecule has 310 valence electrons. The molecule has 16 heteroatoms. The van der Waals surface area contributed by atoms with Crippen LogP contribution in [0.25, 0.3) is 0 Å². The molecule has 2 fully saturated rings. The minimum absolute atomic E-state index is 0.0929. The van der Waals surface area contributed by atoms with Crippen LogP contribution in [0.3, 0.4) is 0 Å². The Labute approximate surface area is 321 Å². The Bertz CT molecular complexity index is 1820. The molecule has 0 aromatic heterocycles. The number of rotatable bonds is 10. The summed E-state index contributed by atoms with van der Waals surface area (Å²) in [6.07, 6.45) is -19.4. The Kier molecular flexibility index (Phi) is 14.1. The molecule has 2 saturated heterocycles. The van der Waals surface area contributed by atoms with E-state index in [0.717, 1.165) is 30.8 Å². The molecule has 57 heavy (non-hydrogen) atoms. The average Bonchev–Trinajstić information content (AvgIpc) is 3.77. The van der Waals surface area contributed by atoms with Gasteiger partial charge in [-0.25, -0.2) is 0 Å². The maximum atomic E-state index is 13.0. The number of benzene rings is 4. The molecular weight excluding hydrogens is 780 g/mol. The quantitative estimate of drug-likeness (QED) is 0.162. The lowest BCUT2D eigenvalue weighted by atomic mass is 9.89. The van der Waals surface area contributed by atoms with Crippen LogP contribution >= 0.6 is 0 Å². The fourth-order valence-electron chi connectivity index (χ4n) is 7.19. The molecule has 1 N–H and O–H groups in total. The van der Waals surface area contributed by atoms with Gasteiger partial charge < -0.3 is 19.7 Å². The van der Waals surface area contributed by atoms with Gasteiger partial charge in [0, 0.05) is 49.9 Å². The maximum Gasteiger partial charge on any atom is 0.416 e. The van der Waals surface area contributed by atoms with E-state index in [1.165, 1.54) is 0 Å². The third-order valence-corrected chi connectivity index (χ3v) is 9.92. The van der Waals surface area contributed by atoms with Crippen LogP contribution in [0, 0.1) is 11.8 Å². The van der Waals surface area contributed by atoms with E-state index in [1.807, 2.05) is 67.7 Å². The molecular formula is C41H40F12N2O2. The highest BCUT2D eigenvalue weighted by atomic mass is 19.4. The fraction of sp³-hybridized carbons (Fsp3) is 0.415. The number of alkyl halides is 12. The average molecular weight is 821 g/mol. The van der Waals surface area contributed by atoms with Gasteiger partial charge in [0.15, 0.2) is 0 Å². The van der Waals surface area contributed by atoms with Crippen LogP contribution in [0.2, 0.25) is 0 Å². The molecule has 0 spiro atoms. The van der Waals surface area contributed by atoms with E-state index >= 15 is 0 Å². The summed E-state index contributed by atoms with van der Waals surface area (Å²) in [7, 11) is 1.97. The van der Waals surface area contributed by atoms with Crippen LogP contribution in [0.1, 0.15) is 56.3 Å². The van der Waals surface area contributed by atoms with E-state index in [4.69, 9.17) is 9.47 Å². The van der Waals surface area contributed by atoms with Crippen molar-refractivity contribution in [3.05, 3.63) is 142 Å². The molecule has 4 aromatic rings. The van der Waals surface area contributed by atoms with E-state index in [1.54, 1.807) is 0 Å². The second kappa shape index (κ2) is 18.2. The number of hydrogen-bond donors (Lipinski definition) is 1. The van der Waals surface area contributed by atoms with Crippen molar-refractivity contribution in [1.82, 2.24) is 10.2 Å². The molecule has 0 radical (unpaired) electrons. The lowest BCUT2D eigenvalue weighted by Gasteiger charge is -2.19. The lowest BCUT2D eigenvalue weighted by Crippen LogP contribution is -2.18. The summed E-state index contributed by atoms with van der Waals surface area (Å²) in [5.74, 6) is 0.590. The Morgan fingerprint density at radius 1 is 0.509 bits per heavy atom. The second-order valence-electron chi connectivity index (χ2n) is 14.3. The van der Waals surface area contributed by atoms with Crippen LogP contribution in [-0.2, 0) is 47.4 Å². The largest absolute Gasteiger partial charge is 0.416 e. The van der Waals surface area contributed by atoms with Crippen molar-refractivity contribution in [2.45, 2.75) is 49.8 Å². The zero-order valence-corrected chi connectivity index (χ0v) is 30.5. The van der Waals surface area contributed by atoms with E-state index in [2.05, 4.69) is 10.2 Å². The molecule has 2 heterocycles. The highest BCUT2D eigenvalue weighted by molar-refractivity contribution is 5.34.